The smallest absolute Gasteiger partial charge is 0.254 e. The van der Waals surface area contributed by atoms with Crippen molar-refractivity contribution >= 4 is 5.91 Å². The van der Waals surface area contributed by atoms with Crippen molar-refractivity contribution in [1.29, 1.82) is 0 Å². The molecule has 1 atom stereocenters. The molecule has 1 aliphatic rings. The Morgan fingerprint density at radius 3 is 2.08 bits per heavy atom. The van der Waals surface area contributed by atoms with E-state index in [9.17, 15) is 4.79 Å². The Labute approximate surface area is 224 Å². The lowest BCUT2D eigenvalue weighted by molar-refractivity contribution is 0.0587. The fourth-order valence-corrected chi connectivity index (χ4v) is 4.71. The molecule has 4 rings (SSSR count). The zero-order valence-corrected chi connectivity index (χ0v) is 22.6. The van der Waals surface area contributed by atoms with E-state index in [1.165, 1.54) is 0 Å². The third kappa shape index (κ3) is 5.59. The van der Waals surface area contributed by atoms with Crippen LogP contribution in [0.1, 0.15) is 41.4 Å². The molecule has 0 fully saturated rings. The molecule has 0 unspecified atom stereocenters. The standard InChI is InChI=1S/C30H35NO7/c1-6-36-26-13-12-21(17-29(26)37-7-2)30(32)31-15-14-20-16-27(34-4)28(35-5)18-22(20)23(31)19-38-25-11-9-8-10-24(25)33-3/h8-13,16-18,23H,6-7,14-15,19H2,1-5H3/t23-/m1/s1. The van der Waals surface area contributed by atoms with Crippen molar-refractivity contribution in [1.82, 2.24) is 4.90 Å². The molecular formula is C30H35NO7. The maximum atomic E-state index is 14.0. The minimum Gasteiger partial charge on any atom is -0.493 e. The van der Waals surface area contributed by atoms with Crippen LogP contribution >= 0.6 is 0 Å². The molecule has 0 aliphatic carbocycles. The van der Waals surface area contributed by atoms with Crippen molar-refractivity contribution < 1.29 is 33.2 Å². The maximum Gasteiger partial charge on any atom is 0.254 e. The van der Waals surface area contributed by atoms with E-state index in [0.717, 1.165) is 11.1 Å². The number of carbonyl (C=O) groups is 1. The van der Waals surface area contributed by atoms with Crippen molar-refractivity contribution in [2.24, 2.45) is 0 Å². The van der Waals surface area contributed by atoms with Crippen LogP contribution in [0, 0.1) is 0 Å². The number of amides is 1. The minimum atomic E-state index is -0.377. The summed E-state index contributed by atoms with van der Waals surface area (Å²) in [6.45, 7) is 5.52. The molecule has 8 nitrogen and oxygen atoms in total. The summed E-state index contributed by atoms with van der Waals surface area (Å²) in [4.78, 5) is 15.8. The number of para-hydroxylation sites is 2. The first kappa shape index (κ1) is 27.0. The second-order valence-corrected chi connectivity index (χ2v) is 8.66. The molecule has 0 saturated carbocycles. The van der Waals surface area contributed by atoms with Gasteiger partial charge in [0.2, 0.25) is 0 Å². The van der Waals surface area contributed by atoms with E-state index in [1.54, 1.807) is 39.5 Å². The van der Waals surface area contributed by atoms with Gasteiger partial charge in [-0.1, -0.05) is 12.1 Å². The summed E-state index contributed by atoms with van der Waals surface area (Å²) in [6, 6.07) is 16.3. The Bertz CT molecular complexity index is 1260. The van der Waals surface area contributed by atoms with Crippen molar-refractivity contribution in [2.45, 2.75) is 26.3 Å². The molecule has 0 N–H and O–H groups in total. The highest BCUT2D eigenvalue weighted by molar-refractivity contribution is 5.95. The van der Waals surface area contributed by atoms with E-state index in [1.807, 2.05) is 55.1 Å². The summed E-state index contributed by atoms with van der Waals surface area (Å²) in [7, 11) is 4.82. The first-order valence-corrected chi connectivity index (χ1v) is 12.8. The fourth-order valence-electron chi connectivity index (χ4n) is 4.71. The normalized spacial score (nSPS) is 14.3. The Hall–Kier alpha value is -4.07. The van der Waals surface area contributed by atoms with E-state index in [0.29, 0.717) is 66.2 Å². The first-order valence-electron chi connectivity index (χ1n) is 12.8. The van der Waals surface area contributed by atoms with Crippen LogP contribution in [0.2, 0.25) is 0 Å². The van der Waals surface area contributed by atoms with Gasteiger partial charge >= 0.3 is 0 Å². The Morgan fingerprint density at radius 2 is 1.39 bits per heavy atom. The first-order chi connectivity index (χ1) is 18.5. The van der Waals surface area contributed by atoms with Crippen LogP contribution in [0.5, 0.6) is 34.5 Å². The van der Waals surface area contributed by atoms with Gasteiger partial charge in [0.15, 0.2) is 34.5 Å². The van der Waals surface area contributed by atoms with Gasteiger partial charge in [-0.15, -0.1) is 0 Å². The molecule has 1 heterocycles. The number of carbonyl (C=O) groups excluding carboxylic acids is 1. The quantitative estimate of drug-likeness (QED) is 0.338. The number of methoxy groups -OCH3 is 3. The molecule has 38 heavy (non-hydrogen) atoms. The Morgan fingerprint density at radius 1 is 0.763 bits per heavy atom. The molecular weight excluding hydrogens is 486 g/mol. The van der Waals surface area contributed by atoms with Gasteiger partial charge < -0.3 is 33.3 Å². The molecule has 0 spiro atoms. The molecule has 1 aliphatic heterocycles. The predicted octanol–water partition coefficient (Wildman–Crippen LogP) is 5.33. The lowest BCUT2D eigenvalue weighted by Crippen LogP contribution is -2.42. The number of hydrogen-bond donors (Lipinski definition) is 0. The average molecular weight is 522 g/mol. The molecule has 3 aromatic rings. The molecule has 0 bridgehead atoms. The second kappa shape index (κ2) is 12.4. The topological polar surface area (TPSA) is 75.7 Å². The van der Waals surface area contributed by atoms with E-state index in [2.05, 4.69) is 0 Å². The summed E-state index contributed by atoms with van der Waals surface area (Å²) in [5.41, 5.74) is 2.55. The molecule has 202 valence electrons. The van der Waals surface area contributed by atoms with Gasteiger partial charge in [-0.2, -0.15) is 0 Å². The predicted molar refractivity (Wildman–Crippen MR) is 144 cm³/mol. The van der Waals surface area contributed by atoms with Gasteiger partial charge in [-0.3, -0.25) is 4.79 Å². The lowest BCUT2D eigenvalue weighted by Gasteiger charge is -2.38. The highest BCUT2D eigenvalue weighted by Gasteiger charge is 2.34. The van der Waals surface area contributed by atoms with Gasteiger partial charge in [-0.05, 0) is 73.9 Å². The number of rotatable bonds is 11. The number of ether oxygens (including phenoxy) is 6. The number of benzene rings is 3. The molecule has 0 saturated heterocycles. The monoisotopic (exact) mass is 521 g/mol. The summed E-state index contributed by atoms with van der Waals surface area (Å²) < 4.78 is 34.3. The van der Waals surface area contributed by atoms with Crippen LogP contribution in [0.25, 0.3) is 0 Å². The highest BCUT2D eigenvalue weighted by Crippen LogP contribution is 2.40. The third-order valence-corrected chi connectivity index (χ3v) is 6.52. The van der Waals surface area contributed by atoms with Crippen LogP contribution in [-0.4, -0.2) is 58.5 Å². The fraction of sp³-hybridized carbons (Fsp3) is 0.367. The third-order valence-electron chi connectivity index (χ3n) is 6.52. The largest absolute Gasteiger partial charge is 0.493 e. The van der Waals surface area contributed by atoms with Crippen LogP contribution in [0.15, 0.2) is 54.6 Å². The molecule has 3 aromatic carbocycles. The summed E-state index contributed by atoms with van der Waals surface area (Å²) in [5, 5.41) is 0. The highest BCUT2D eigenvalue weighted by atomic mass is 16.5. The van der Waals surface area contributed by atoms with E-state index >= 15 is 0 Å². The Kier molecular flexibility index (Phi) is 8.84. The zero-order chi connectivity index (χ0) is 27.1. The van der Waals surface area contributed by atoms with Crippen molar-refractivity contribution in [3.63, 3.8) is 0 Å². The van der Waals surface area contributed by atoms with E-state index in [-0.39, 0.29) is 18.6 Å². The van der Waals surface area contributed by atoms with Gasteiger partial charge in [-0.25, -0.2) is 0 Å². The second-order valence-electron chi connectivity index (χ2n) is 8.66. The van der Waals surface area contributed by atoms with E-state index < -0.39 is 0 Å². The number of fused-ring (bicyclic) bond motifs is 1. The number of hydrogen-bond acceptors (Lipinski definition) is 7. The van der Waals surface area contributed by atoms with Gasteiger partial charge in [0.25, 0.3) is 5.91 Å². The van der Waals surface area contributed by atoms with Gasteiger partial charge in [0.1, 0.15) is 6.61 Å². The van der Waals surface area contributed by atoms with Crippen LogP contribution in [-0.2, 0) is 6.42 Å². The Balaban J connectivity index is 1.72. The van der Waals surface area contributed by atoms with Crippen molar-refractivity contribution in [3.8, 4) is 34.5 Å². The van der Waals surface area contributed by atoms with E-state index in [4.69, 9.17) is 28.4 Å². The van der Waals surface area contributed by atoms with Crippen LogP contribution in [0.4, 0.5) is 0 Å². The maximum absolute atomic E-state index is 14.0. The molecule has 0 radical (unpaired) electrons. The average Bonchev–Trinajstić information content (AvgIpc) is 2.95. The summed E-state index contributed by atoms with van der Waals surface area (Å²) in [5.74, 6) is 3.53. The lowest BCUT2D eigenvalue weighted by atomic mass is 9.91. The SMILES string of the molecule is CCOc1ccc(C(=O)N2CCc3cc(OC)c(OC)cc3[C@H]2COc2ccccc2OC)cc1OCC. The molecule has 0 aromatic heterocycles. The summed E-state index contributed by atoms with van der Waals surface area (Å²) in [6.07, 6.45) is 0.669. The summed E-state index contributed by atoms with van der Waals surface area (Å²) >= 11 is 0. The van der Waals surface area contributed by atoms with Crippen molar-refractivity contribution in [3.05, 3.63) is 71.3 Å². The van der Waals surface area contributed by atoms with Crippen molar-refractivity contribution in [2.75, 3.05) is 47.7 Å². The molecule has 1 amide bonds. The minimum absolute atomic E-state index is 0.122. The molecule has 8 heteroatoms. The van der Waals surface area contributed by atoms with Gasteiger partial charge in [0.05, 0.1) is 40.6 Å². The van der Waals surface area contributed by atoms with Gasteiger partial charge in [0, 0.05) is 12.1 Å². The number of nitrogens with zero attached hydrogens (tertiary/aromatic N) is 1. The van der Waals surface area contributed by atoms with Crippen LogP contribution < -0.4 is 28.4 Å². The van der Waals surface area contributed by atoms with Crippen LogP contribution in [0.3, 0.4) is 0 Å². The zero-order valence-electron chi connectivity index (χ0n) is 22.6.